The molecule has 2 aliphatic carbocycles. The molecule has 2 aromatic heterocycles. The second-order valence-corrected chi connectivity index (χ2v) is 10.8. The first-order chi connectivity index (χ1) is 16.1. The molecular weight excluding hydrogens is 465 g/mol. The summed E-state index contributed by atoms with van der Waals surface area (Å²) in [5.74, 6) is 0. The highest BCUT2D eigenvalue weighted by Gasteiger charge is 2.65. The first-order valence-electron chi connectivity index (χ1n) is 11.2. The van der Waals surface area contributed by atoms with Crippen molar-refractivity contribution in [3.63, 3.8) is 0 Å². The molecule has 178 valence electrons. The Balaban J connectivity index is 1.58. The molecule has 2 aliphatic rings. The van der Waals surface area contributed by atoms with E-state index in [1.807, 2.05) is 17.7 Å². The standard InChI is InChI=1S/C24H23F3N4O2S/c1-2-15-12-19-20(13-28)21(31(17-4-3-5-17)22(19)29-14-15)16-6-8-18(9-7-16)34(32,33)30-23(10-11-23)24(25,26)27/h6-9,12,14,17,30H,2-5,10-11H2,1H3. The third-order valence-corrected chi connectivity index (χ3v) is 8.47. The molecule has 0 radical (unpaired) electrons. The number of aromatic nitrogens is 2. The lowest BCUT2D eigenvalue weighted by atomic mass is 9.92. The van der Waals surface area contributed by atoms with Gasteiger partial charge < -0.3 is 4.57 Å². The number of hydrogen-bond donors (Lipinski definition) is 1. The van der Waals surface area contributed by atoms with E-state index in [2.05, 4.69) is 15.6 Å². The van der Waals surface area contributed by atoms with Gasteiger partial charge in [-0.1, -0.05) is 19.1 Å². The number of hydrogen-bond acceptors (Lipinski definition) is 4. The molecule has 0 aliphatic heterocycles. The predicted octanol–water partition coefficient (Wildman–Crippen LogP) is 5.24. The van der Waals surface area contributed by atoms with E-state index in [0.29, 0.717) is 22.5 Å². The maximum absolute atomic E-state index is 13.3. The summed E-state index contributed by atoms with van der Waals surface area (Å²) < 4.78 is 69.0. The van der Waals surface area contributed by atoms with E-state index >= 15 is 0 Å². The molecule has 0 amide bonds. The van der Waals surface area contributed by atoms with Crippen LogP contribution in [0.25, 0.3) is 22.3 Å². The Morgan fingerprint density at radius 1 is 1.24 bits per heavy atom. The van der Waals surface area contributed by atoms with E-state index in [4.69, 9.17) is 0 Å². The third kappa shape index (κ3) is 3.58. The van der Waals surface area contributed by atoms with Gasteiger partial charge in [-0.15, -0.1) is 0 Å². The quantitative estimate of drug-likeness (QED) is 0.514. The first-order valence-corrected chi connectivity index (χ1v) is 12.7. The van der Waals surface area contributed by atoms with Gasteiger partial charge >= 0.3 is 6.18 Å². The van der Waals surface area contributed by atoms with Crippen molar-refractivity contribution in [1.82, 2.24) is 14.3 Å². The van der Waals surface area contributed by atoms with Gasteiger partial charge in [0.25, 0.3) is 0 Å². The summed E-state index contributed by atoms with van der Waals surface area (Å²) in [6.45, 7) is 2.01. The van der Waals surface area contributed by atoms with Gasteiger partial charge in [0, 0.05) is 17.6 Å². The summed E-state index contributed by atoms with van der Waals surface area (Å²) >= 11 is 0. The number of fused-ring (bicyclic) bond motifs is 1. The molecule has 0 atom stereocenters. The van der Waals surface area contributed by atoms with Gasteiger partial charge in [0.05, 0.1) is 16.2 Å². The zero-order valence-electron chi connectivity index (χ0n) is 18.5. The van der Waals surface area contributed by atoms with Crippen LogP contribution in [0.2, 0.25) is 0 Å². The van der Waals surface area contributed by atoms with Crippen LogP contribution < -0.4 is 4.72 Å². The molecule has 0 bridgehead atoms. The molecule has 0 saturated heterocycles. The first kappa shape index (κ1) is 22.9. The molecule has 10 heteroatoms. The van der Waals surface area contributed by atoms with Gasteiger partial charge in [0.1, 0.15) is 17.3 Å². The Morgan fingerprint density at radius 2 is 1.91 bits per heavy atom. The summed E-state index contributed by atoms with van der Waals surface area (Å²) in [4.78, 5) is 4.39. The second-order valence-electron chi connectivity index (χ2n) is 9.07. The largest absolute Gasteiger partial charge is 0.407 e. The van der Waals surface area contributed by atoms with Crippen molar-refractivity contribution in [2.24, 2.45) is 0 Å². The Hall–Kier alpha value is -2.90. The molecule has 1 N–H and O–H groups in total. The molecule has 2 heterocycles. The van der Waals surface area contributed by atoms with Crippen molar-refractivity contribution in [2.75, 3.05) is 0 Å². The van der Waals surface area contributed by atoms with Gasteiger partial charge in [-0.3, -0.25) is 0 Å². The number of nitrogens with one attached hydrogen (secondary N) is 1. The lowest BCUT2D eigenvalue weighted by Gasteiger charge is -2.29. The van der Waals surface area contributed by atoms with Crippen molar-refractivity contribution in [3.8, 4) is 17.3 Å². The Kier molecular flexibility index (Phi) is 5.26. The fourth-order valence-corrected chi connectivity index (χ4v) is 5.94. The minimum atomic E-state index is -4.64. The normalized spacial score (nSPS) is 18.0. The summed E-state index contributed by atoms with van der Waals surface area (Å²) in [5.41, 5.74) is 1.09. The molecule has 3 aromatic rings. The van der Waals surface area contributed by atoms with Crippen LogP contribution >= 0.6 is 0 Å². The molecule has 2 saturated carbocycles. The fourth-order valence-electron chi connectivity index (χ4n) is 4.50. The number of pyridine rings is 1. The second kappa shape index (κ2) is 7.82. The van der Waals surface area contributed by atoms with Crippen LogP contribution in [-0.2, 0) is 16.4 Å². The lowest BCUT2D eigenvalue weighted by Crippen LogP contribution is -2.47. The highest BCUT2D eigenvalue weighted by Crippen LogP contribution is 2.50. The Bertz CT molecular complexity index is 1410. The van der Waals surface area contributed by atoms with Gasteiger partial charge in [-0.25, -0.2) is 13.4 Å². The smallest absolute Gasteiger partial charge is 0.321 e. The predicted molar refractivity (Wildman–Crippen MR) is 120 cm³/mol. The minimum absolute atomic E-state index is 0.186. The number of benzene rings is 1. The zero-order chi connectivity index (χ0) is 24.3. The summed E-state index contributed by atoms with van der Waals surface area (Å²) in [6, 6.07) is 10.1. The van der Waals surface area contributed by atoms with Crippen LogP contribution in [0, 0.1) is 11.3 Å². The number of halogens is 3. The van der Waals surface area contributed by atoms with Crippen LogP contribution in [0.15, 0.2) is 41.4 Å². The maximum atomic E-state index is 13.3. The minimum Gasteiger partial charge on any atom is -0.321 e. The molecule has 2 fully saturated rings. The summed E-state index contributed by atoms with van der Waals surface area (Å²) in [6.07, 6.45) is 0.373. The highest BCUT2D eigenvalue weighted by atomic mass is 32.2. The Labute approximate surface area is 195 Å². The maximum Gasteiger partial charge on any atom is 0.407 e. The van der Waals surface area contributed by atoms with E-state index in [-0.39, 0.29) is 23.8 Å². The fraction of sp³-hybridized carbons (Fsp3) is 0.417. The van der Waals surface area contributed by atoms with Crippen molar-refractivity contribution in [1.29, 1.82) is 5.26 Å². The number of nitriles is 1. The average molecular weight is 489 g/mol. The van der Waals surface area contributed by atoms with E-state index in [0.717, 1.165) is 36.6 Å². The highest BCUT2D eigenvalue weighted by molar-refractivity contribution is 7.89. The number of nitrogens with zero attached hydrogens (tertiary/aromatic N) is 3. The van der Waals surface area contributed by atoms with Crippen molar-refractivity contribution >= 4 is 21.1 Å². The van der Waals surface area contributed by atoms with Crippen molar-refractivity contribution < 1.29 is 21.6 Å². The van der Waals surface area contributed by atoms with E-state index in [1.165, 1.54) is 12.1 Å². The molecule has 0 unspecified atom stereocenters. The van der Waals surface area contributed by atoms with E-state index in [1.54, 1.807) is 18.3 Å². The van der Waals surface area contributed by atoms with Gasteiger partial charge in [0.2, 0.25) is 10.0 Å². The zero-order valence-corrected chi connectivity index (χ0v) is 19.3. The van der Waals surface area contributed by atoms with Crippen LogP contribution in [0.3, 0.4) is 0 Å². The van der Waals surface area contributed by atoms with Crippen LogP contribution in [0.1, 0.15) is 56.2 Å². The van der Waals surface area contributed by atoms with Crippen LogP contribution in [-0.4, -0.2) is 29.7 Å². The summed E-state index contributed by atoms with van der Waals surface area (Å²) in [5, 5.41) is 10.8. The van der Waals surface area contributed by atoms with E-state index < -0.39 is 21.7 Å². The topological polar surface area (TPSA) is 87.8 Å². The number of alkyl halides is 3. The van der Waals surface area contributed by atoms with Gasteiger partial charge in [-0.05, 0) is 67.9 Å². The molecule has 6 nitrogen and oxygen atoms in total. The van der Waals surface area contributed by atoms with Crippen molar-refractivity contribution in [3.05, 3.63) is 47.7 Å². The number of aryl methyl sites for hydroxylation is 1. The summed E-state index contributed by atoms with van der Waals surface area (Å²) in [7, 11) is -4.36. The molecular formula is C24H23F3N4O2S. The van der Waals surface area contributed by atoms with Crippen LogP contribution in [0.4, 0.5) is 13.2 Å². The molecule has 5 rings (SSSR count). The lowest BCUT2D eigenvalue weighted by molar-refractivity contribution is -0.160. The monoisotopic (exact) mass is 488 g/mol. The third-order valence-electron chi connectivity index (χ3n) is 6.92. The van der Waals surface area contributed by atoms with Gasteiger partial charge in [0.15, 0.2) is 0 Å². The SMILES string of the molecule is CCc1cnc2c(c1)c(C#N)c(-c1ccc(S(=O)(=O)NC3(C(F)(F)F)CC3)cc1)n2C1CCC1. The molecule has 34 heavy (non-hydrogen) atoms. The number of rotatable bonds is 6. The molecule has 0 spiro atoms. The molecule has 1 aromatic carbocycles. The number of sulfonamides is 1. The van der Waals surface area contributed by atoms with Gasteiger partial charge in [-0.2, -0.15) is 23.2 Å². The van der Waals surface area contributed by atoms with Crippen LogP contribution in [0.5, 0.6) is 0 Å². The Morgan fingerprint density at radius 3 is 2.41 bits per heavy atom. The van der Waals surface area contributed by atoms with E-state index in [9.17, 15) is 26.9 Å². The average Bonchev–Trinajstić information content (AvgIpc) is 3.48. The van der Waals surface area contributed by atoms with Crippen molar-refractivity contribution in [2.45, 2.75) is 68.1 Å².